The summed E-state index contributed by atoms with van der Waals surface area (Å²) in [4.78, 5) is 36.4. The Bertz CT molecular complexity index is 956. The standard InChI is InChI=1S/C33H58N2O10/c1-23(2)28(36)42-17-12-25(5)41-14-11-16-44-31(39)35-27-18-32(7,8)21-33(9,19-27)22-34-30(38)43-15-10-13-40-20-26(6)45-29(37)24(3)4/h25-28,36H,1,3,10-22H2,2,4-9H3,(H,34,38)(H,35,39). The monoisotopic (exact) mass is 642 g/mol. The van der Waals surface area contributed by atoms with Crippen molar-refractivity contribution in [2.45, 2.75) is 112 Å². The predicted molar refractivity (Wildman–Crippen MR) is 171 cm³/mol. The first-order valence-electron chi connectivity index (χ1n) is 15.9. The van der Waals surface area contributed by atoms with Crippen molar-refractivity contribution in [1.82, 2.24) is 10.6 Å². The van der Waals surface area contributed by atoms with Gasteiger partial charge in [-0.25, -0.2) is 14.4 Å². The van der Waals surface area contributed by atoms with E-state index < -0.39 is 30.5 Å². The molecule has 0 radical (unpaired) electrons. The van der Waals surface area contributed by atoms with Crippen LogP contribution < -0.4 is 10.6 Å². The molecule has 0 heterocycles. The third kappa shape index (κ3) is 18.8. The van der Waals surface area contributed by atoms with Crippen LogP contribution >= 0.6 is 0 Å². The molecule has 5 unspecified atom stereocenters. The normalized spacial score (nSPS) is 21.1. The smallest absolute Gasteiger partial charge is 0.407 e. The molecule has 1 aliphatic carbocycles. The van der Waals surface area contributed by atoms with E-state index in [9.17, 15) is 19.5 Å². The highest BCUT2D eigenvalue weighted by atomic mass is 16.6. The SMILES string of the molecule is C=C(C)C(=O)OC(C)COCCCOC(=O)NCC1(C)CC(NC(=O)OCCCOC(C)CCOC(O)C(=C)C)CC(C)(C)C1. The molecule has 260 valence electrons. The van der Waals surface area contributed by atoms with Crippen molar-refractivity contribution >= 4 is 18.2 Å². The molecule has 1 saturated carbocycles. The zero-order chi connectivity index (χ0) is 34.0. The Morgan fingerprint density at radius 2 is 1.53 bits per heavy atom. The lowest BCUT2D eigenvalue weighted by atomic mass is 9.62. The third-order valence-electron chi connectivity index (χ3n) is 7.25. The maximum Gasteiger partial charge on any atom is 0.407 e. The number of esters is 1. The molecule has 0 aromatic carbocycles. The van der Waals surface area contributed by atoms with Gasteiger partial charge in [0, 0.05) is 37.6 Å². The number of amides is 2. The van der Waals surface area contributed by atoms with Crippen molar-refractivity contribution in [2.75, 3.05) is 46.2 Å². The number of ether oxygens (including phenoxy) is 6. The highest BCUT2D eigenvalue weighted by Crippen LogP contribution is 2.45. The fraction of sp³-hybridized carbons (Fsp3) is 0.788. The number of aliphatic hydroxyl groups is 1. The van der Waals surface area contributed by atoms with Crippen molar-refractivity contribution < 1.29 is 47.9 Å². The van der Waals surface area contributed by atoms with E-state index in [1.165, 1.54) is 0 Å². The minimum absolute atomic E-state index is 0.0438. The molecule has 0 spiro atoms. The molecule has 1 fully saturated rings. The van der Waals surface area contributed by atoms with Gasteiger partial charge in [-0.15, -0.1) is 0 Å². The number of rotatable bonds is 21. The summed E-state index contributed by atoms with van der Waals surface area (Å²) < 4.78 is 32.3. The lowest BCUT2D eigenvalue weighted by molar-refractivity contribution is -0.146. The van der Waals surface area contributed by atoms with Gasteiger partial charge < -0.3 is 44.2 Å². The molecule has 1 rings (SSSR count). The summed E-state index contributed by atoms with van der Waals surface area (Å²) in [5.41, 5.74) is 0.604. The number of nitrogens with one attached hydrogen (secondary N) is 2. The molecule has 12 nitrogen and oxygen atoms in total. The molecule has 0 saturated heterocycles. The molecule has 45 heavy (non-hydrogen) atoms. The molecule has 3 N–H and O–H groups in total. The Labute approximate surface area is 269 Å². The van der Waals surface area contributed by atoms with E-state index in [1.54, 1.807) is 20.8 Å². The van der Waals surface area contributed by atoms with E-state index in [2.05, 4.69) is 44.6 Å². The van der Waals surface area contributed by atoms with Crippen LogP contribution in [-0.4, -0.2) is 94.0 Å². The zero-order valence-corrected chi connectivity index (χ0v) is 28.5. The average Bonchev–Trinajstić information content (AvgIpc) is 2.92. The van der Waals surface area contributed by atoms with Crippen LogP contribution in [0, 0.1) is 10.8 Å². The topological polar surface area (TPSA) is 151 Å². The first-order chi connectivity index (χ1) is 21.0. The van der Waals surface area contributed by atoms with Gasteiger partial charge in [-0.3, -0.25) is 0 Å². The molecule has 12 heteroatoms. The largest absolute Gasteiger partial charge is 0.457 e. The number of hydrogen-bond donors (Lipinski definition) is 3. The Balaban J connectivity index is 2.28. The molecule has 5 atom stereocenters. The van der Waals surface area contributed by atoms with E-state index >= 15 is 0 Å². The quantitative estimate of drug-likeness (QED) is 0.0388. The number of carbonyl (C=O) groups excluding carboxylic acids is 3. The van der Waals surface area contributed by atoms with Gasteiger partial charge in [-0.05, 0) is 69.8 Å². The van der Waals surface area contributed by atoms with Crippen LogP contribution in [0.25, 0.3) is 0 Å². The van der Waals surface area contributed by atoms with Gasteiger partial charge in [0.1, 0.15) is 6.10 Å². The highest BCUT2D eigenvalue weighted by molar-refractivity contribution is 5.87. The first kappa shape index (κ1) is 40.4. The Hall–Kier alpha value is -2.67. The second kappa shape index (κ2) is 20.5. The fourth-order valence-corrected chi connectivity index (χ4v) is 5.39. The molecule has 0 aromatic heterocycles. The van der Waals surface area contributed by atoms with E-state index in [-0.39, 0.29) is 42.8 Å². The third-order valence-corrected chi connectivity index (χ3v) is 7.25. The van der Waals surface area contributed by atoms with Gasteiger partial charge >= 0.3 is 18.2 Å². The van der Waals surface area contributed by atoms with E-state index in [1.807, 2.05) is 6.92 Å². The van der Waals surface area contributed by atoms with Crippen molar-refractivity contribution in [3.05, 3.63) is 24.3 Å². The molecule has 2 amide bonds. The van der Waals surface area contributed by atoms with Crippen molar-refractivity contribution in [1.29, 1.82) is 0 Å². The van der Waals surface area contributed by atoms with Gasteiger partial charge in [0.15, 0.2) is 6.29 Å². The van der Waals surface area contributed by atoms with Gasteiger partial charge in [0.05, 0.1) is 39.1 Å². The molecule has 0 bridgehead atoms. The highest BCUT2D eigenvalue weighted by Gasteiger charge is 2.42. The molecule has 0 aliphatic heterocycles. The van der Waals surface area contributed by atoms with Crippen LogP contribution in [0.1, 0.15) is 87.0 Å². The molecule has 1 aliphatic rings. The van der Waals surface area contributed by atoms with E-state index in [0.717, 1.165) is 12.8 Å². The number of alkyl carbamates (subject to hydrolysis) is 2. The minimum atomic E-state index is -0.963. The lowest BCUT2D eigenvalue weighted by Crippen LogP contribution is -2.50. The molecular weight excluding hydrogens is 584 g/mol. The van der Waals surface area contributed by atoms with Crippen molar-refractivity contribution in [3.63, 3.8) is 0 Å². The van der Waals surface area contributed by atoms with E-state index in [0.29, 0.717) is 63.2 Å². The van der Waals surface area contributed by atoms with Crippen LogP contribution in [0.2, 0.25) is 0 Å². The minimum Gasteiger partial charge on any atom is -0.457 e. The second-order valence-electron chi connectivity index (χ2n) is 13.3. The summed E-state index contributed by atoms with van der Waals surface area (Å²) in [6, 6.07) is -0.0934. The maximum absolute atomic E-state index is 12.5. The van der Waals surface area contributed by atoms with Gasteiger partial charge in [0.2, 0.25) is 0 Å². The summed E-state index contributed by atoms with van der Waals surface area (Å²) in [7, 11) is 0. The van der Waals surface area contributed by atoms with Crippen LogP contribution in [0.5, 0.6) is 0 Å². The van der Waals surface area contributed by atoms with Crippen LogP contribution in [0.3, 0.4) is 0 Å². The zero-order valence-electron chi connectivity index (χ0n) is 28.5. The second-order valence-corrected chi connectivity index (χ2v) is 13.3. The summed E-state index contributed by atoms with van der Waals surface area (Å²) >= 11 is 0. The Morgan fingerprint density at radius 1 is 0.889 bits per heavy atom. The summed E-state index contributed by atoms with van der Waals surface area (Å²) in [6.45, 7) is 22.8. The molecular formula is C33H58N2O10. The van der Waals surface area contributed by atoms with E-state index in [4.69, 9.17) is 28.4 Å². The summed E-state index contributed by atoms with van der Waals surface area (Å²) in [6.07, 6.45) is 1.68. The Morgan fingerprint density at radius 3 is 2.18 bits per heavy atom. The summed E-state index contributed by atoms with van der Waals surface area (Å²) in [5.74, 6) is -0.452. The maximum atomic E-state index is 12.5. The van der Waals surface area contributed by atoms with Gasteiger partial charge in [-0.2, -0.15) is 0 Å². The number of aliphatic hydroxyl groups excluding tert-OH is 1. The number of hydrogen-bond acceptors (Lipinski definition) is 10. The number of carbonyl (C=O) groups is 3. The van der Waals surface area contributed by atoms with Gasteiger partial charge in [-0.1, -0.05) is 33.9 Å². The predicted octanol–water partition coefficient (Wildman–Crippen LogP) is 5.03. The fourth-order valence-electron chi connectivity index (χ4n) is 5.39. The van der Waals surface area contributed by atoms with Crippen LogP contribution in [0.15, 0.2) is 24.3 Å². The average molecular weight is 643 g/mol. The van der Waals surface area contributed by atoms with Crippen molar-refractivity contribution in [2.24, 2.45) is 10.8 Å². The Kier molecular flexibility index (Phi) is 18.3. The first-order valence-corrected chi connectivity index (χ1v) is 15.9. The van der Waals surface area contributed by atoms with Crippen LogP contribution in [0.4, 0.5) is 9.59 Å². The lowest BCUT2D eigenvalue weighted by Gasteiger charge is -2.46. The summed E-state index contributed by atoms with van der Waals surface area (Å²) in [5, 5.41) is 15.5. The van der Waals surface area contributed by atoms with Gasteiger partial charge in [0.25, 0.3) is 0 Å². The van der Waals surface area contributed by atoms with Crippen molar-refractivity contribution in [3.8, 4) is 0 Å². The van der Waals surface area contributed by atoms with Crippen LogP contribution in [-0.2, 0) is 33.2 Å². The molecule has 0 aromatic rings.